The van der Waals surface area contributed by atoms with Crippen molar-refractivity contribution in [3.05, 3.63) is 54.6 Å². The van der Waals surface area contributed by atoms with Gasteiger partial charge in [-0.2, -0.15) is 0 Å². The van der Waals surface area contributed by atoms with E-state index in [0.717, 1.165) is 33.6 Å². The zero-order valence-corrected chi connectivity index (χ0v) is 14.7. The maximum absolute atomic E-state index is 9.59. The summed E-state index contributed by atoms with van der Waals surface area (Å²) in [5.74, 6) is 0.795. The van der Waals surface area contributed by atoms with Gasteiger partial charge in [-0.15, -0.1) is 12.4 Å². The fourth-order valence-corrected chi connectivity index (χ4v) is 2.52. The standard InChI is InChI=1S/C19H20N2O3.ClH/c1-24-15-8-6-13(7-9-15)18-10-19(20-11-14(23)12-22)16-4-2-3-5-17(16)21-18;/h2-10,14,22-23H,11-12H2,1H3,(H,20,21);1H. The van der Waals surface area contributed by atoms with E-state index in [0.29, 0.717) is 0 Å². The van der Waals surface area contributed by atoms with E-state index in [4.69, 9.17) is 14.8 Å². The van der Waals surface area contributed by atoms with Crippen LogP contribution in [0.1, 0.15) is 0 Å². The maximum atomic E-state index is 9.59. The van der Waals surface area contributed by atoms with Crippen molar-refractivity contribution in [3.63, 3.8) is 0 Å². The van der Waals surface area contributed by atoms with Crippen molar-refractivity contribution in [2.75, 3.05) is 25.6 Å². The molecule has 0 radical (unpaired) electrons. The fraction of sp³-hybridized carbons (Fsp3) is 0.211. The van der Waals surface area contributed by atoms with Crippen LogP contribution in [0.15, 0.2) is 54.6 Å². The molecule has 3 aromatic rings. The van der Waals surface area contributed by atoms with Gasteiger partial charge in [0.25, 0.3) is 0 Å². The molecule has 1 aromatic heterocycles. The number of benzene rings is 2. The number of nitrogens with one attached hydrogen (secondary N) is 1. The summed E-state index contributed by atoms with van der Waals surface area (Å²) in [6.45, 7) is -0.00604. The number of aliphatic hydroxyl groups excluding tert-OH is 2. The monoisotopic (exact) mass is 360 g/mol. The first-order valence-electron chi connectivity index (χ1n) is 7.78. The lowest BCUT2D eigenvalue weighted by Gasteiger charge is -2.14. The minimum atomic E-state index is -0.804. The van der Waals surface area contributed by atoms with E-state index in [1.807, 2.05) is 54.6 Å². The number of pyridine rings is 1. The van der Waals surface area contributed by atoms with Crippen LogP contribution in [0.4, 0.5) is 5.69 Å². The summed E-state index contributed by atoms with van der Waals surface area (Å²) in [6.07, 6.45) is -0.804. The molecule has 3 N–H and O–H groups in total. The summed E-state index contributed by atoms with van der Waals surface area (Å²) in [7, 11) is 1.64. The molecule has 0 aliphatic carbocycles. The number of hydrogen-bond acceptors (Lipinski definition) is 5. The molecule has 6 heteroatoms. The molecule has 1 atom stereocenters. The van der Waals surface area contributed by atoms with Gasteiger partial charge >= 0.3 is 0 Å². The van der Waals surface area contributed by atoms with Crippen molar-refractivity contribution in [2.24, 2.45) is 0 Å². The van der Waals surface area contributed by atoms with Gasteiger partial charge in [0.1, 0.15) is 5.75 Å². The summed E-state index contributed by atoms with van der Waals surface area (Å²) < 4.78 is 5.19. The molecule has 25 heavy (non-hydrogen) atoms. The fourth-order valence-electron chi connectivity index (χ4n) is 2.52. The lowest BCUT2D eigenvalue weighted by Crippen LogP contribution is -2.23. The Hall–Kier alpha value is -2.34. The Morgan fingerprint density at radius 2 is 1.84 bits per heavy atom. The molecule has 0 aliphatic heterocycles. The summed E-state index contributed by atoms with van der Waals surface area (Å²) in [5, 5.41) is 22.8. The normalized spacial score (nSPS) is 11.6. The number of nitrogens with zero attached hydrogens (tertiary/aromatic N) is 1. The molecule has 0 amide bonds. The zero-order chi connectivity index (χ0) is 16.9. The second-order valence-electron chi connectivity index (χ2n) is 5.52. The van der Waals surface area contributed by atoms with Crippen molar-refractivity contribution in [2.45, 2.75) is 6.10 Å². The summed E-state index contributed by atoms with van der Waals surface area (Å²) >= 11 is 0. The van der Waals surface area contributed by atoms with Crippen molar-refractivity contribution >= 4 is 29.0 Å². The lowest BCUT2D eigenvalue weighted by atomic mass is 10.1. The minimum absolute atomic E-state index is 0. The van der Waals surface area contributed by atoms with Crippen molar-refractivity contribution < 1.29 is 14.9 Å². The average molecular weight is 361 g/mol. The Morgan fingerprint density at radius 1 is 1.12 bits per heavy atom. The van der Waals surface area contributed by atoms with Crippen LogP contribution in [0.3, 0.4) is 0 Å². The van der Waals surface area contributed by atoms with Crippen molar-refractivity contribution in [1.82, 2.24) is 4.98 Å². The van der Waals surface area contributed by atoms with Gasteiger partial charge in [0.2, 0.25) is 0 Å². The summed E-state index contributed by atoms with van der Waals surface area (Å²) in [5.41, 5.74) is 3.55. The van der Waals surface area contributed by atoms with E-state index in [2.05, 4.69) is 5.32 Å². The largest absolute Gasteiger partial charge is 0.497 e. The highest BCUT2D eigenvalue weighted by molar-refractivity contribution is 5.93. The first kappa shape index (κ1) is 19.0. The first-order chi connectivity index (χ1) is 11.7. The number of aromatic nitrogens is 1. The third-order valence-corrected chi connectivity index (χ3v) is 3.84. The number of fused-ring (bicyclic) bond motifs is 1. The van der Waals surface area contributed by atoms with Crippen LogP contribution in [0, 0.1) is 0 Å². The van der Waals surface area contributed by atoms with Gasteiger partial charge in [-0.1, -0.05) is 18.2 Å². The minimum Gasteiger partial charge on any atom is -0.497 e. The predicted molar refractivity (Wildman–Crippen MR) is 103 cm³/mol. The Balaban J connectivity index is 0.00000225. The molecular formula is C19H21ClN2O3. The molecule has 1 unspecified atom stereocenters. The van der Waals surface area contributed by atoms with Crippen molar-refractivity contribution in [1.29, 1.82) is 0 Å². The second kappa shape index (κ2) is 8.67. The van der Waals surface area contributed by atoms with E-state index in [-0.39, 0.29) is 25.6 Å². The lowest BCUT2D eigenvalue weighted by molar-refractivity contribution is 0.105. The number of rotatable bonds is 6. The molecule has 1 heterocycles. The Bertz CT molecular complexity index is 825. The van der Waals surface area contributed by atoms with Crippen LogP contribution in [0.25, 0.3) is 22.2 Å². The third kappa shape index (κ3) is 4.39. The van der Waals surface area contributed by atoms with Crippen LogP contribution in [-0.4, -0.2) is 41.6 Å². The molecule has 2 aromatic carbocycles. The molecule has 0 saturated heterocycles. The molecule has 0 bridgehead atoms. The van der Waals surface area contributed by atoms with Crippen molar-refractivity contribution in [3.8, 4) is 17.0 Å². The van der Waals surface area contributed by atoms with Crippen LogP contribution in [0.5, 0.6) is 5.75 Å². The summed E-state index contributed by atoms with van der Waals surface area (Å²) in [6, 6.07) is 17.5. The van der Waals surface area contributed by atoms with Crippen LogP contribution in [-0.2, 0) is 0 Å². The second-order valence-corrected chi connectivity index (χ2v) is 5.52. The van der Waals surface area contributed by atoms with Gasteiger partial charge < -0.3 is 20.3 Å². The first-order valence-corrected chi connectivity index (χ1v) is 7.78. The number of halogens is 1. The maximum Gasteiger partial charge on any atom is 0.118 e. The topological polar surface area (TPSA) is 74.6 Å². The third-order valence-electron chi connectivity index (χ3n) is 3.84. The predicted octanol–water partition coefficient (Wildman–Crippen LogP) is 3.10. The zero-order valence-electron chi connectivity index (χ0n) is 13.8. The van der Waals surface area contributed by atoms with Crippen LogP contribution < -0.4 is 10.1 Å². The van der Waals surface area contributed by atoms with E-state index in [1.54, 1.807) is 7.11 Å². The molecular weight excluding hydrogens is 340 g/mol. The van der Waals surface area contributed by atoms with Gasteiger partial charge in [0.05, 0.1) is 31.0 Å². The number of methoxy groups -OCH3 is 1. The quantitative estimate of drug-likeness (QED) is 0.630. The number of aliphatic hydroxyl groups is 2. The Labute approximate surface area is 152 Å². The molecule has 0 fully saturated rings. The van der Waals surface area contributed by atoms with E-state index >= 15 is 0 Å². The highest BCUT2D eigenvalue weighted by Crippen LogP contribution is 2.29. The number of anilines is 1. The smallest absolute Gasteiger partial charge is 0.118 e. The Morgan fingerprint density at radius 3 is 2.52 bits per heavy atom. The molecule has 5 nitrogen and oxygen atoms in total. The molecule has 132 valence electrons. The van der Waals surface area contributed by atoms with E-state index in [1.165, 1.54) is 0 Å². The number of ether oxygens (including phenoxy) is 1. The van der Waals surface area contributed by atoms with Gasteiger partial charge in [-0.3, -0.25) is 0 Å². The average Bonchev–Trinajstić information content (AvgIpc) is 2.65. The summed E-state index contributed by atoms with van der Waals surface area (Å²) in [4.78, 5) is 4.72. The van der Waals surface area contributed by atoms with Gasteiger partial charge in [-0.25, -0.2) is 4.98 Å². The highest BCUT2D eigenvalue weighted by Gasteiger charge is 2.09. The van der Waals surface area contributed by atoms with Gasteiger partial charge in [0.15, 0.2) is 0 Å². The molecule has 0 saturated carbocycles. The van der Waals surface area contributed by atoms with Gasteiger partial charge in [-0.05, 0) is 36.4 Å². The molecule has 0 aliphatic rings. The highest BCUT2D eigenvalue weighted by atomic mass is 35.5. The molecule has 0 spiro atoms. The SMILES string of the molecule is COc1ccc(-c2cc(NCC(O)CO)c3ccccc3n2)cc1.Cl. The van der Waals surface area contributed by atoms with Crippen LogP contribution >= 0.6 is 12.4 Å². The van der Waals surface area contributed by atoms with Gasteiger partial charge in [0, 0.05) is 23.2 Å². The Kier molecular flexibility index (Phi) is 6.58. The van der Waals surface area contributed by atoms with E-state index < -0.39 is 6.10 Å². The molecule has 3 rings (SSSR count). The van der Waals surface area contributed by atoms with Crippen LogP contribution in [0.2, 0.25) is 0 Å². The number of hydrogen-bond donors (Lipinski definition) is 3. The van der Waals surface area contributed by atoms with E-state index in [9.17, 15) is 5.11 Å². The number of para-hydroxylation sites is 1.